The van der Waals surface area contributed by atoms with E-state index in [1.54, 1.807) is 30.4 Å². The van der Waals surface area contributed by atoms with E-state index in [1.807, 2.05) is 17.9 Å². The molecular formula is C19H22FN3OS. The van der Waals surface area contributed by atoms with Crippen molar-refractivity contribution in [3.63, 3.8) is 0 Å². The third kappa shape index (κ3) is 2.82. The standard InChI is InChI=1S/C19H22FN3OS/c1-11-12(2)25-19(21-11)22-8-15-9-23(13(3)24)18(17(15)10-22)14-5-4-6-16(20)7-14/h4-7,15,17-18H,8-10H2,1-3H3/t15-,17-,18+/m1/s1. The summed E-state index contributed by atoms with van der Waals surface area (Å²) in [6, 6.07) is 6.65. The molecule has 1 amide bonds. The van der Waals surface area contributed by atoms with Crippen LogP contribution >= 0.6 is 11.3 Å². The lowest BCUT2D eigenvalue weighted by Gasteiger charge is -2.29. The topological polar surface area (TPSA) is 36.4 Å². The van der Waals surface area contributed by atoms with Crippen molar-refractivity contribution in [1.82, 2.24) is 9.88 Å². The second kappa shape index (κ2) is 6.09. The van der Waals surface area contributed by atoms with Gasteiger partial charge >= 0.3 is 0 Å². The highest BCUT2D eigenvalue weighted by atomic mass is 32.1. The molecule has 2 fully saturated rings. The molecular weight excluding hydrogens is 337 g/mol. The minimum Gasteiger partial charge on any atom is -0.347 e. The highest BCUT2D eigenvalue weighted by molar-refractivity contribution is 7.15. The number of thiazole rings is 1. The molecule has 0 aliphatic carbocycles. The quantitative estimate of drug-likeness (QED) is 0.823. The van der Waals surface area contributed by atoms with Gasteiger partial charge in [-0.15, -0.1) is 11.3 Å². The highest BCUT2D eigenvalue weighted by Gasteiger charge is 2.49. The number of rotatable bonds is 2. The zero-order chi connectivity index (χ0) is 17.7. The fourth-order valence-electron chi connectivity index (χ4n) is 4.23. The van der Waals surface area contributed by atoms with E-state index in [4.69, 9.17) is 0 Å². The summed E-state index contributed by atoms with van der Waals surface area (Å²) in [7, 11) is 0. The lowest BCUT2D eigenvalue weighted by atomic mass is 9.89. The number of hydrogen-bond acceptors (Lipinski definition) is 4. The Kier molecular flexibility index (Phi) is 4.02. The van der Waals surface area contributed by atoms with E-state index in [9.17, 15) is 9.18 Å². The number of anilines is 1. The number of benzene rings is 1. The first-order valence-corrected chi connectivity index (χ1v) is 9.47. The van der Waals surface area contributed by atoms with Gasteiger partial charge in [-0.2, -0.15) is 0 Å². The molecule has 132 valence electrons. The predicted octanol–water partition coefficient (Wildman–Crippen LogP) is 3.55. The molecule has 2 aromatic rings. The van der Waals surface area contributed by atoms with Crippen molar-refractivity contribution in [2.75, 3.05) is 24.5 Å². The van der Waals surface area contributed by atoms with Crippen LogP contribution < -0.4 is 4.90 Å². The Morgan fingerprint density at radius 2 is 2.08 bits per heavy atom. The summed E-state index contributed by atoms with van der Waals surface area (Å²) in [5.74, 6) is 0.540. The molecule has 2 aliphatic rings. The number of likely N-dealkylation sites (tertiary alicyclic amines) is 1. The monoisotopic (exact) mass is 359 g/mol. The minimum absolute atomic E-state index is 0.0506. The first-order valence-electron chi connectivity index (χ1n) is 8.65. The van der Waals surface area contributed by atoms with Crippen LogP contribution in [0, 0.1) is 31.5 Å². The maximum atomic E-state index is 13.8. The molecule has 3 heterocycles. The van der Waals surface area contributed by atoms with Crippen LogP contribution in [0.1, 0.15) is 29.1 Å². The van der Waals surface area contributed by atoms with Crippen molar-refractivity contribution in [3.8, 4) is 0 Å². The van der Waals surface area contributed by atoms with Gasteiger partial charge in [0.1, 0.15) is 5.82 Å². The number of fused-ring (bicyclic) bond motifs is 1. The van der Waals surface area contributed by atoms with Gasteiger partial charge in [-0.05, 0) is 31.5 Å². The summed E-state index contributed by atoms with van der Waals surface area (Å²) in [5, 5.41) is 1.07. The van der Waals surface area contributed by atoms with Gasteiger partial charge in [0.2, 0.25) is 5.91 Å². The van der Waals surface area contributed by atoms with Gasteiger partial charge in [0.15, 0.2) is 5.13 Å². The van der Waals surface area contributed by atoms with Gasteiger partial charge in [0.25, 0.3) is 0 Å². The van der Waals surface area contributed by atoms with E-state index in [-0.39, 0.29) is 17.8 Å². The molecule has 0 saturated carbocycles. The summed E-state index contributed by atoms with van der Waals surface area (Å²) >= 11 is 1.73. The van der Waals surface area contributed by atoms with Gasteiger partial charge in [-0.1, -0.05) is 12.1 Å². The van der Waals surface area contributed by atoms with Crippen LogP contribution in [0.4, 0.5) is 9.52 Å². The molecule has 0 spiro atoms. The molecule has 0 bridgehead atoms. The number of aryl methyl sites for hydroxylation is 2. The van der Waals surface area contributed by atoms with Crippen LogP contribution in [0.2, 0.25) is 0 Å². The first kappa shape index (κ1) is 16.5. The van der Waals surface area contributed by atoms with Crippen LogP contribution in [-0.2, 0) is 4.79 Å². The highest BCUT2D eigenvalue weighted by Crippen LogP contribution is 2.46. The molecule has 0 radical (unpaired) electrons. The fraction of sp³-hybridized carbons (Fsp3) is 0.474. The average molecular weight is 359 g/mol. The Bertz CT molecular complexity index is 801. The number of nitrogens with zero attached hydrogens (tertiary/aromatic N) is 3. The average Bonchev–Trinajstić information content (AvgIpc) is 3.20. The predicted molar refractivity (Wildman–Crippen MR) is 97.3 cm³/mol. The van der Waals surface area contributed by atoms with E-state index in [0.717, 1.165) is 36.0 Å². The van der Waals surface area contributed by atoms with Gasteiger partial charge in [-0.3, -0.25) is 4.79 Å². The summed E-state index contributed by atoms with van der Waals surface area (Å²) < 4.78 is 13.8. The Hall–Kier alpha value is -1.95. The first-order chi connectivity index (χ1) is 11.9. The van der Waals surface area contributed by atoms with Crippen molar-refractivity contribution in [2.45, 2.75) is 26.8 Å². The van der Waals surface area contributed by atoms with Crippen LogP contribution in [0.15, 0.2) is 24.3 Å². The number of carbonyl (C=O) groups excluding carboxylic acids is 1. The lowest BCUT2D eigenvalue weighted by molar-refractivity contribution is -0.130. The Labute approximate surface area is 151 Å². The Morgan fingerprint density at radius 1 is 1.28 bits per heavy atom. The normalized spacial score (nSPS) is 25.5. The maximum Gasteiger partial charge on any atom is 0.219 e. The van der Waals surface area contributed by atoms with Crippen LogP contribution in [-0.4, -0.2) is 35.4 Å². The van der Waals surface area contributed by atoms with E-state index in [0.29, 0.717) is 11.8 Å². The number of amides is 1. The zero-order valence-electron chi connectivity index (χ0n) is 14.7. The summed E-state index contributed by atoms with van der Waals surface area (Å²) in [4.78, 5) is 22.3. The van der Waals surface area contributed by atoms with Crippen molar-refractivity contribution >= 4 is 22.4 Å². The molecule has 4 rings (SSSR count). The van der Waals surface area contributed by atoms with Crippen molar-refractivity contribution in [2.24, 2.45) is 11.8 Å². The van der Waals surface area contributed by atoms with E-state index in [1.165, 1.54) is 10.9 Å². The van der Waals surface area contributed by atoms with Gasteiger partial charge in [0.05, 0.1) is 11.7 Å². The molecule has 6 heteroatoms. The molecule has 1 aromatic heterocycles. The van der Waals surface area contributed by atoms with Gasteiger partial charge in [0, 0.05) is 43.3 Å². The van der Waals surface area contributed by atoms with Crippen LogP contribution in [0.5, 0.6) is 0 Å². The van der Waals surface area contributed by atoms with Gasteiger partial charge < -0.3 is 9.80 Å². The van der Waals surface area contributed by atoms with E-state index < -0.39 is 0 Å². The van der Waals surface area contributed by atoms with E-state index >= 15 is 0 Å². The third-order valence-electron chi connectivity index (χ3n) is 5.55. The summed E-state index contributed by atoms with van der Waals surface area (Å²) in [6.07, 6.45) is 0. The molecule has 25 heavy (non-hydrogen) atoms. The molecule has 2 aliphatic heterocycles. The Balaban J connectivity index is 1.64. The number of carbonyl (C=O) groups is 1. The maximum absolute atomic E-state index is 13.8. The summed E-state index contributed by atoms with van der Waals surface area (Å²) in [6.45, 7) is 8.26. The van der Waals surface area contributed by atoms with Crippen LogP contribution in [0.3, 0.4) is 0 Å². The van der Waals surface area contributed by atoms with Crippen molar-refractivity contribution in [1.29, 1.82) is 0 Å². The molecule has 0 unspecified atom stereocenters. The zero-order valence-corrected chi connectivity index (χ0v) is 15.5. The second-order valence-electron chi connectivity index (χ2n) is 7.14. The van der Waals surface area contributed by atoms with Crippen LogP contribution in [0.25, 0.3) is 0 Å². The molecule has 0 N–H and O–H groups in total. The fourth-order valence-corrected chi connectivity index (χ4v) is 5.16. The Morgan fingerprint density at radius 3 is 2.72 bits per heavy atom. The lowest BCUT2D eigenvalue weighted by Crippen LogP contribution is -2.34. The molecule has 1 aromatic carbocycles. The van der Waals surface area contributed by atoms with Gasteiger partial charge in [-0.25, -0.2) is 9.37 Å². The molecule has 2 saturated heterocycles. The number of hydrogen-bond donors (Lipinski definition) is 0. The molecule has 4 nitrogen and oxygen atoms in total. The second-order valence-corrected chi connectivity index (χ2v) is 8.32. The minimum atomic E-state index is -0.245. The van der Waals surface area contributed by atoms with E-state index in [2.05, 4.69) is 16.8 Å². The largest absolute Gasteiger partial charge is 0.347 e. The van der Waals surface area contributed by atoms with Crippen molar-refractivity contribution < 1.29 is 9.18 Å². The van der Waals surface area contributed by atoms with Crippen molar-refractivity contribution in [3.05, 3.63) is 46.2 Å². The summed E-state index contributed by atoms with van der Waals surface area (Å²) in [5.41, 5.74) is 1.99. The SMILES string of the molecule is CC(=O)N1C[C@H]2CN(c3nc(C)c(C)s3)C[C@H]2[C@@H]1c1cccc(F)c1. The number of halogens is 1. The molecule has 3 atom stereocenters. The number of aromatic nitrogens is 1. The smallest absolute Gasteiger partial charge is 0.219 e. The third-order valence-corrected chi connectivity index (χ3v) is 6.68.